The molecule has 25 heavy (non-hydrogen) atoms. The van der Waals surface area contributed by atoms with E-state index < -0.39 is 0 Å². The Morgan fingerprint density at radius 1 is 1.08 bits per heavy atom. The minimum atomic E-state index is 0.0462. The van der Waals surface area contributed by atoms with Gasteiger partial charge < -0.3 is 9.64 Å². The molecular weight excluding hydrogens is 314 g/mol. The van der Waals surface area contributed by atoms with E-state index in [4.69, 9.17) is 4.74 Å². The lowest BCUT2D eigenvalue weighted by atomic mass is 10.2. The second-order valence-electron chi connectivity index (χ2n) is 5.89. The quantitative estimate of drug-likeness (QED) is 0.683. The second-order valence-corrected chi connectivity index (χ2v) is 5.89. The second kappa shape index (κ2) is 7.66. The number of rotatable bonds is 6. The topological polar surface area (TPSA) is 47.4 Å². The van der Waals surface area contributed by atoms with Crippen LogP contribution in [0.15, 0.2) is 67.0 Å². The minimum Gasteiger partial charge on any atom is -0.457 e. The number of aromatic nitrogens is 2. The summed E-state index contributed by atoms with van der Waals surface area (Å²) in [5.41, 5.74) is 1.93. The number of amides is 1. The van der Waals surface area contributed by atoms with E-state index in [-0.39, 0.29) is 5.91 Å². The third-order valence-electron chi connectivity index (χ3n) is 3.89. The highest BCUT2D eigenvalue weighted by Gasteiger charge is 2.11. The Balaban J connectivity index is 1.58. The van der Waals surface area contributed by atoms with Crippen LogP contribution in [0, 0.1) is 6.92 Å². The predicted molar refractivity (Wildman–Crippen MR) is 97.9 cm³/mol. The molecule has 0 bridgehead atoms. The summed E-state index contributed by atoms with van der Waals surface area (Å²) in [6, 6.07) is 17.1. The molecule has 0 radical (unpaired) electrons. The summed E-state index contributed by atoms with van der Waals surface area (Å²) in [6.45, 7) is 2.56. The number of anilines is 1. The van der Waals surface area contributed by atoms with Crippen molar-refractivity contribution in [2.45, 2.75) is 19.9 Å². The molecule has 0 fully saturated rings. The van der Waals surface area contributed by atoms with Gasteiger partial charge in [0.2, 0.25) is 5.91 Å². The van der Waals surface area contributed by atoms with Crippen LogP contribution in [0.5, 0.6) is 11.5 Å². The van der Waals surface area contributed by atoms with Gasteiger partial charge in [0.1, 0.15) is 11.5 Å². The van der Waals surface area contributed by atoms with E-state index in [1.165, 1.54) is 0 Å². The number of carbonyl (C=O) groups excluding carboxylic acids is 1. The predicted octanol–water partition coefficient (Wildman–Crippen LogP) is 4.04. The summed E-state index contributed by atoms with van der Waals surface area (Å²) in [7, 11) is 1.78. The van der Waals surface area contributed by atoms with Gasteiger partial charge >= 0.3 is 0 Å². The van der Waals surface area contributed by atoms with E-state index in [9.17, 15) is 4.79 Å². The van der Waals surface area contributed by atoms with Gasteiger partial charge in [-0.1, -0.05) is 18.2 Å². The van der Waals surface area contributed by atoms with Gasteiger partial charge in [-0.15, -0.1) is 0 Å². The Morgan fingerprint density at radius 2 is 1.76 bits per heavy atom. The molecule has 5 heteroatoms. The molecule has 5 nitrogen and oxygen atoms in total. The summed E-state index contributed by atoms with van der Waals surface area (Å²) in [5.74, 6) is 1.57. The highest BCUT2D eigenvalue weighted by atomic mass is 16.5. The molecule has 2 aromatic carbocycles. The number of carbonyl (C=O) groups is 1. The maximum atomic E-state index is 12.4. The number of benzene rings is 2. The minimum absolute atomic E-state index is 0.0462. The Bertz CT molecular complexity index is 826. The van der Waals surface area contributed by atoms with Gasteiger partial charge in [0.25, 0.3) is 0 Å². The van der Waals surface area contributed by atoms with Gasteiger partial charge in [-0.05, 0) is 48.9 Å². The van der Waals surface area contributed by atoms with Crippen molar-refractivity contribution in [1.29, 1.82) is 0 Å². The van der Waals surface area contributed by atoms with Gasteiger partial charge in [0.05, 0.1) is 6.20 Å². The van der Waals surface area contributed by atoms with Crippen LogP contribution in [0.3, 0.4) is 0 Å². The third kappa shape index (κ3) is 4.47. The molecule has 0 unspecified atom stereocenters. The van der Waals surface area contributed by atoms with Crippen molar-refractivity contribution in [1.82, 2.24) is 9.78 Å². The first-order valence-electron chi connectivity index (χ1n) is 8.20. The van der Waals surface area contributed by atoms with Gasteiger partial charge in [0.15, 0.2) is 0 Å². The van der Waals surface area contributed by atoms with Crippen molar-refractivity contribution in [3.05, 3.63) is 72.6 Å². The third-order valence-corrected chi connectivity index (χ3v) is 3.89. The zero-order valence-corrected chi connectivity index (χ0v) is 14.4. The van der Waals surface area contributed by atoms with Crippen LogP contribution in [0.1, 0.15) is 12.0 Å². The van der Waals surface area contributed by atoms with E-state index in [0.29, 0.717) is 13.0 Å². The molecule has 1 aromatic heterocycles. The number of aryl methyl sites for hydroxylation is 2. The van der Waals surface area contributed by atoms with Crippen molar-refractivity contribution < 1.29 is 9.53 Å². The smallest absolute Gasteiger partial charge is 0.228 e. The van der Waals surface area contributed by atoms with Crippen molar-refractivity contribution >= 4 is 11.6 Å². The molecule has 0 saturated heterocycles. The first kappa shape index (κ1) is 16.8. The van der Waals surface area contributed by atoms with Crippen LogP contribution in [-0.2, 0) is 11.3 Å². The average Bonchev–Trinajstić information content (AvgIpc) is 3.06. The first-order valence-corrected chi connectivity index (χ1v) is 8.20. The van der Waals surface area contributed by atoms with Crippen LogP contribution in [0.2, 0.25) is 0 Å². The van der Waals surface area contributed by atoms with Crippen LogP contribution in [0.4, 0.5) is 5.69 Å². The number of nitrogens with zero attached hydrogens (tertiary/aromatic N) is 3. The molecule has 128 valence electrons. The number of para-hydroxylation sites is 1. The highest BCUT2D eigenvalue weighted by molar-refractivity contribution is 5.92. The van der Waals surface area contributed by atoms with E-state index in [2.05, 4.69) is 5.10 Å². The summed E-state index contributed by atoms with van der Waals surface area (Å²) in [6.07, 6.45) is 4.13. The van der Waals surface area contributed by atoms with Crippen LogP contribution in [-0.4, -0.2) is 22.7 Å². The highest BCUT2D eigenvalue weighted by Crippen LogP contribution is 2.24. The number of hydrogen-bond donors (Lipinski definition) is 0. The number of ether oxygens (including phenoxy) is 1. The Kier molecular flexibility index (Phi) is 5.14. The molecule has 0 aliphatic rings. The fourth-order valence-electron chi connectivity index (χ4n) is 2.47. The lowest BCUT2D eigenvalue weighted by Crippen LogP contribution is -2.27. The molecule has 3 rings (SSSR count). The molecule has 0 aliphatic heterocycles. The molecule has 0 spiro atoms. The zero-order valence-electron chi connectivity index (χ0n) is 14.4. The maximum absolute atomic E-state index is 12.4. The average molecular weight is 335 g/mol. The summed E-state index contributed by atoms with van der Waals surface area (Å²) in [4.78, 5) is 14.0. The van der Waals surface area contributed by atoms with Gasteiger partial charge in [-0.25, -0.2) is 0 Å². The molecule has 0 aliphatic carbocycles. The molecule has 3 aromatic rings. The fourth-order valence-corrected chi connectivity index (χ4v) is 2.47. The summed E-state index contributed by atoms with van der Waals surface area (Å²) >= 11 is 0. The molecular formula is C20H21N3O2. The SMILES string of the molecule is Cc1cnn(CCC(=O)N(C)c2ccc(Oc3ccccc3)cc2)c1. The van der Waals surface area contributed by atoms with Crippen molar-refractivity contribution in [3.63, 3.8) is 0 Å². The Morgan fingerprint density at radius 3 is 2.40 bits per heavy atom. The Hall–Kier alpha value is -3.08. The fraction of sp³-hybridized carbons (Fsp3) is 0.200. The largest absolute Gasteiger partial charge is 0.457 e. The van der Waals surface area contributed by atoms with Crippen molar-refractivity contribution in [2.24, 2.45) is 0 Å². The lowest BCUT2D eigenvalue weighted by molar-refractivity contribution is -0.118. The monoisotopic (exact) mass is 335 g/mol. The molecule has 1 heterocycles. The van der Waals surface area contributed by atoms with Crippen LogP contribution < -0.4 is 9.64 Å². The zero-order chi connectivity index (χ0) is 17.6. The van der Waals surface area contributed by atoms with Gasteiger partial charge in [0, 0.05) is 31.9 Å². The molecule has 1 amide bonds. The van der Waals surface area contributed by atoms with E-state index in [1.807, 2.05) is 67.7 Å². The normalized spacial score (nSPS) is 10.5. The standard InChI is InChI=1S/C20H21N3O2/c1-16-14-21-23(15-16)13-12-20(24)22(2)17-8-10-19(11-9-17)25-18-6-4-3-5-7-18/h3-11,14-15H,12-13H2,1-2H3. The Labute approximate surface area is 147 Å². The van der Waals surface area contributed by atoms with Crippen molar-refractivity contribution in [3.8, 4) is 11.5 Å². The van der Waals surface area contributed by atoms with Crippen LogP contribution in [0.25, 0.3) is 0 Å². The van der Waals surface area contributed by atoms with Gasteiger partial charge in [-0.3, -0.25) is 9.48 Å². The van der Waals surface area contributed by atoms with E-state index in [0.717, 1.165) is 22.7 Å². The summed E-state index contributed by atoms with van der Waals surface area (Å²) < 4.78 is 7.56. The van der Waals surface area contributed by atoms with E-state index >= 15 is 0 Å². The van der Waals surface area contributed by atoms with E-state index in [1.54, 1.807) is 22.8 Å². The van der Waals surface area contributed by atoms with Gasteiger partial charge in [-0.2, -0.15) is 5.10 Å². The summed E-state index contributed by atoms with van der Waals surface area (Å²) in [5, 5.41) is 4.20. The van der Waals surface area contributed by atoms with Crippen LogP contribution >= 0.6 is 0 Å². The maximum Gasteiger partial charge on any atom is 0.228 e. The lowest BCUT2D eigenvalue weighted by Gasteiger charge is -2.18. The van der Waals surface area contributed by atoms with Crippen molar-refractivity contribution in [2.75, 3.05) is 11.9 Å². The number of hydrogen-bond acceptors (Lipinski definition) is 3. The molecule has 0 atom stereocenters. The first-order chi connectivity index (χ1) is 12.1. The molecule has 0 saturated carbocycles. The molecule has 0 N–H and O–H groups in total.